The van der Waals surface area contributed by atoms with Gasteiger partial charge in [-0.2, -0.15) is 0 Å². The Kier molecular flexibility index (Phi) is 6.55. The molecule has 0 aliphatic heterocycles. The van der Waals surface area contributed by atoms with Crippen LogP contribution in [0, 0.1) is 0 Å². The van der Waals surface area contributed by atoms with Crippen molar-refractivity contribution in [1.82, 2.24) is 4.57 Å². The van der Waals surface area contributed by atoms with Crippen molar-refractivity contribution in [2.75, 3.05) is 4.90 Å². The van der Waals surface area contributed by atoms with Crippen LogP contribution < -0.4 is 4.90 Å². The van der Waals surface area contributed by atoms with Crippen LogP contribution in [0.3, 0.4) is 0 Å². The third-order valence-corrected chi connectivity index (χ3v) is 12.2. The molecule has 0 saturated heterocycles. The molecule has 2 heterocycles. The maximum absolute atomic E-state index is 2.46. The molecule has 0 aliphatic carbocycles. The van der Waals surface area contributed by atoms with Crippen molar-refractivity contribution in [2.45, 2.75) is 0 Å². The molecule has 3 heteroatoms. The fourth-order valence-electron chi connectivity index (χ4n) is 7.50. The normalized spacial score (nSPS) is 11.7. The Morgan fingerprint density at radius 1 is 0.408 bits per heavy atom. The monoisotopic (exact) mass is 690 g/mol. The number of para-hydroxylation sites is 3. The van der Waals surface area contributed by atoms with Gasteiger partial charge in [0.1, 0.15) is 0 Å². The van der Waals surface area contributed by atoms with Crippen molar-refractivity contribution in [3.63, 3.8) is 0 Å². The molecule has 0 fully saturated rings. The van der Waals surface area contributed by atoms with Crippen molar-refractivity contribution in [1.29, 1.82) is 0 Å². The van der Waals surface area contributed by atoms with Crippen LogP contribution in [0.5, 0.6) is 0 Å². The summed E-state index contributed by atoms with van der Waals surface area (Å²) in [5, 5.41) is 7.71. The van der Waals surface area contributed by atoms with Gasteiger partial charge in [0, 0.05) is 0 Å². The fourth-order valence-corrected chi connectivity index (χ4v) is 9.78. The molecule has 0 N–H and O–H groups in total. The number of nitrogens with zero attached hydrogens (tertiary/aromatic N) is 2. The van der Waals surface area contributed by atoms with Crippen LogP contribution in [-0.4, -0.2) is 19.1 Å². The van der Waals surface area contributed by atoms with Gasteiger partial charge in [-0.05, 0) is 0 Å². The third kappa shape index (κ3) is 4.63. The van der Waals surface area contributed by atoms with Gasteiger partial charge in [0.05, 0.1) is 0 Å². The summed E-state index contributed by atoms with van der Waals surface area (Å²) in [5.74, 6) is 0. The van der Waals surface area contributed by atoms with Crippen LogP contribution in [0.25, 0.3) is 68.7 Å². The molecule has 10 aromatic rings. The Morgan fingerprint density at radius 3 is 2.00 bits per heavy atom. The Morgan fingerprint density at radius 2 is 1.08 bits per heavy atom. The summed E-state index contributed by atoms with van der Waals surface area (Å²) < 4.78 is 5.31. The van der Waals surface area contributed by atoms with E-state index < -0.39 is 0 Å². The summed E-state index contributed by atoms with van der Waals surface area (Å²) in [4.78, 5) is 2.46. The molecule has 0 radical (unpaired) electrons. The van der Waals surface area contributed by atoms with Gasteiger partial charge in [0.2, 0.25) is 0 Å². The Balaban J connectivity index is 1.26. The number of aromatic nitrogens is 1. The first-order valence-electron chi connectivity index (χ1n) is 16.7. The maximum atomic E-state index is 2.46. The molecule has 0 bridgehead atoms. The van der Waals surface area contributed by atoms with Crippen molar-refractivity contribution >= 4 is 83.4 Å². The van der Waals surface area contributed by atoms with Crippen molar-refractivity contribution in [3.8, 4) is 16.8 Å². The quantitative estimate of drug-likeness (QED) is 0.163. The van der Waals surface area contributed by atoms with Crippen LogP contribution in [0.15, 0.2) is 182 Å². The predicted molar refractivity (Wildman–Crippen MR) is 210 cm³/mol. The summed E-state index contributed by atoms with van der Waals surface area (Å²) in [6.45, 7) is 0. The first kappa shape index (κ1) is 28.2. The van der Waals surface area contributed by atoms with Crippen LogP contribution in [0.1, 0.15) is 0 Å². The molecule has 8 aromatic carbocycles. The first-order chi connectivity index (χ1) is 24.3. The van der Waals surface area contributed by atoms with Gasteiger partial charge in [-0.3, -0.25) is 0 Å². The van der Waals surface area contributed by atoms with Gasteiger partial charge < -0.3 is 0 Å². The zero-order chi connectivity index (χ0) is 32.3. The van der Waals surface area contributed by atoms with Crippen LogP contribution in [-0.2, 0) is 0 Å². The molecule has 49 heavy (non-hydrogen) atoms. The molecule has 0 unspecified atom stereocenters. The van der Waals surface area contributed by atoms with Crippen molar-refractivity contribution in [3.05, 3.63) is 182 Å². The Labute approximate surface area is 290 Å². The third-order valence-electron chi connectivity index (χ3n) is 9.75. The molecule has 10 rings (SSSR count). The SMILES string of the molecule is c1ccc(-n2c3ccccc3c3ccc(N(c4ccc5[se]c6ccccc6c5c4)c4ccccc4-c4ccc5ccccc5c4)cc32)cc1. The molecule has 2 aromatic heterocycles. The zero-order valence-corrected chi connectivity index (χ0v) is 28.3. The van der Waals surface area contributed by atoms with Gasteiger partial charge in [-0.25, -0.2) is 0 Å². The molecule has 0 aliphatic rings. The minimum atomic E-state index is 0.313. The predicted octanol–water partition coefficient (Wildman–Crippen LogP) is 12.4. The van der Waals surface area contributed by atoms with Gasteiger partial charge in [0.25, 0.3) is 0 Å². The molecule has 0 spiro atoms. The summed E-state index contributed by atoms with van der Waals surface area (Å²) in [6, 6.07) is 66.7. The Bertz CT molecular complexity index is 2840. The number of hydrogen-bond donors (Lipinski definition) is 0. The number of fused-ring (bicyclic) bond motifs is 7. The topological polar surface area (TPSA) is 8.17 Å². The summed E-state index contributed by atoms with van der Waals surface area (Å²) in [7, 11) is 0. The van der Waals surface area contributed by atoms with Gasteiger partial charge >= 0.3 is 280 Å². The summed E-state index contributed by atoms with van der Waals surface area (Å²) >= 11 is 0.313. The van der Waals surface area contributed by atoms with Gasteiger partial charge in [-0.15, -0.1) is 0 Å². The average Bonchev–Trinajstić information content (AvgIpc) is 3.70. The molecule has 230 valence electrons. The minimum absolute atomic E-state index is 0.313. The Hall–Kier alpha value is -5.86. The van der Waals surface area contributed by atoms with Crippen LogP contribution >= 0.6 is 0 Å². The molecule has 0 atom stereocenters. The van der Waals surface area contributed by atoms with E-state index in [-0.39, 0.29) is 0 Å². The molecule has 2 nitrogen and oxygen atoms in total. The van der Waals surface area contributed by atoms with E-state index in [4.69, 9.17) is 0 Å². The van der Waals surface area contributed by atoms with E-state index in [1.165, 1.54) is 63.0 Å². The molecular formula is C46H30N2Se. The summed E-state index contributed by atoms with van der Waals surface area (Å²) in [6.07, 6.45) is 0. The van der Waals surface area contributed by atoms with Gasteiger partial charge in [0.15, 0.2) is 0 Å². The molecular weight excluding hydrogens is 659 g/mol. The van der Waals surface area contributed by atoms with Crippen LogP contribution in [0.4, 0.5) is 17.1 Å². The van der Waals surface area contributed by atoms with E-state index >= 15 is 0 Å². The molecule has 0 saturated carbocycles. The van der Waals surface area contributed by atoms with E-state index in [2.05, 4.69) is 191 Å². The standard InChI is InChI=1S/C46H30N2Se/c1-2-14-34(15-3-1)48-43-20-10-7-17-38(43)39-26-24-36(30-44(39)48)47(35-25-27-46-41(29-35)40-18-8-11-21-45(40)49-46)42-19-9-6-16-37(42)33-23-22-31-12-4-5-13-32(31)28-33/h1-30H. The molecule has 0 amide bonds. The second kappa shape index (κ2) is 11.4. The summed E-state index contributed by atoms with van der Waals surface area (Å²) in [5.41, 5.74) is 9.38. The van der Waals surface area contributed by atoms with Crippen molar-refractivity contribution in [2.24, 2.45) is 0 Å². The van der Waals surface area contributed by atoms with E-state index in [9.17, 15) is 0 Å². The van der Waals surface area contributed by atoms with Crippen molar-refractivity contribution < 1.29 is 0 Å². The van der Waals surface area contributed by atoms with E-state index in [1.807, 2.05) is 0 Å². The van der Waals surface area contributed by atoms with Crippen LogP contribution in [0.2, 0.25) is 0 Å². The van der Waals surface area contributed by atoms with E-state index in [0.717, 1.165) is 22.7 Å². The van der Waals surface area contributed by atoms with Gasteiger partial charge in [-0.1, -0.05) is 12.1 Å². The number of benzene rings is 8. The average molecular weight is 690 g/mol. The van der Waals surface area contributed by atoms with E-state index in [0.29, 0.717) is 14.5 Å². The number of hydrogen-bond acceptors (Lipinski definition) is 1. The number of anilines is 3. The second-order valence-electron chi connectivity index (χ2n) is 12.6. The zero-order valence-electron chi connectivity index (χ0n) is 26.6. The first-order valence-corrected chi connectivity index (χ1v) is 18.4. The second-order valence-corrected chi connectivity index (χ2v) is 14.9. The number of rotatable bonds is 5. The van der Waals surface area contributed by atoms with E-state index in [1.54, 1.807) is 0 Å². The fraction of sp³-hybridized carbons (Fsp3) is 0.